The zero-order valence-corrected chi connectivity index (χ0v) is 9.57. The molecule has 0 bridgehead atoms. The first-order valence-corrected chi connectivity index (χ1v) is 4.69. The van der Waals surface area contributed by atoms with Gasteiger partial charge >= 0.3 is 0 Å². The normalized spacial score (nSPS) is 17.2. The Balaban J connectivity index is 4.56. The SMILES string of the molecule is C=C(C)CC(C)(CC)[N+](C)(C)C. The first-order chi connectivity index (χ1) is 5.23. The summed E-state index contributed by atoms with van der Waals surface area (Å²) in [4.78, 5) is 0. The van der Waals surface area contributed by atoms with E-state index in [9.17, 15) is 0 Å². The van der Waals surface area contributed by atoms with E-state index in [0.29, 0.717) is 5.54 Å². The predicted molar refractivity (Wildman–Crippen MR) is 56.2 cm³/mol. The second-order valence-corrected chi connectivity index (χ2v) is 5.00. The van der Waals surface area contributed by atoms with Crippen molar-refractivity contribution in [1.29, 1.82) is 0 Å². The lowest BCUT2D eigenvalue weighted by Gasteiger charge is -2.44. The van der Waals surface area contributed by atoms with Crippen LogP contribution in [0.25, 0.3) is 0 Å². The van der Waals surface area contributed by atoms with Crippen LogP contribution >= 0.6 is 0 Å². The van der Waals surface area contributed by atoms with Crippen LogP contribution < -0.4 is 0 Å². The van der Waals surface area contributed by atoms with Crippen molar-refractivity contribution in [2.45, 2.75) is 39.2 Å². The van der Waals surface area contributed by atoms with Crippen LogP contribution in [0.15, 0.2) is 12.2 Å². The highest BCUT2D eigenvalue weighted by Crippen LogP contribution is 2.28. The number of rotatable bonds is 4. The molecule has 72 valence electrons. The average Bonchev–Trinajstić information content (AvgIpc) is 1.83. The van der Waals surface area contributed by atoms with E-state index >= 15 is 0 Å². The topological polar surface area (TPSA) is 0 Å². The maximum atomic E-state index is 3.99. The number of nitrogens with zero attached hydrogens (tertiary/aromatic N) is 1. The van der Waals surface area contributed by atoms with Crippen LogP contribution in [-0.4, -0.2) is 31.2 Å². The van der Waals surface area contributed by atoms with Gasteiger partial charge in [0.05, 0.1) is 26.7 Å². The minimum absolute atomic E-state index is 0.339. The molecule has 0 aliphatic carbocycles. The summed E-state index contributed by atoms with van der Waals surface area (Å²) in [6, 6.07) is 0. The second-order valence-electron chi connectivity index (χ2n) is 5.00. The summed E-state index contributed by atoms with van der Waals surface area (Å²) < 4.78 is 1.01. The van der Waals surface area contributed by atoms with Crippen LogP contribution in [0.5, 0.6) is 0 Å². The molecule has 0 N–H and O–H groups in total. The third kappa shape index (κ3) is 2.63. The molecule has 0 fully saturated rings. The van der Waals surface area contributed by atoms with Crippen molar-refractivity contribution >= 4 is 0 Å². The fourth-order valence-electron chi connectivity index (χ4n) is 1.49. The fraction of sp³-hybridized carbons (Fsp3) is 0.818. The third-order valence-corrected chi connectivity index (χ3v) is 3.06. The zero-order chi connectivity index (χ0) is 9.99. The molecule has 0 aromatic heterocycles. The van der Waals surface area contributed by atoms with Crippen LogP contribution in [0.1, 0.15) is 33.6 Å². The summed E-state index contributed by atoms with van der Waals surface area (Å²) >= 11 is 0. The van der Waals surface area contributed by atoms with E-state index in [1.807, 2.05) is 0 Å². The summed E-state index contributed by atoms with van der Waals surface area (Å²) in [5.41, 5.74) is 1.62. The average molecular weight is 170 g/mol. The summed E-state index contributed by atoms with van der Waals surface area (Å²) in [7, 11) is 6.77. The number of hydrogen-bond donors (Lipinski definition) is 0. The minimum Gasteiger partial charge on any atom is -0.326 e. The van der Waals surface area contributed by atoms with E-state index in [-0.39, 0.29) is 0 Å². The van der Waals surface area contributed by atoms with Gasteiger partial charge in [-0.05, 0) is 20.3 Å². The summed E-state index contributed by atoms with van der Waals surface area (Å²) in [5.74, 6) is 0. The maximum Gasteiger partial charge on any atom is 0.0992 e. The molecule has 0 aliphatic rings. The second kappa shape index (κ2) is 3.61. The molecule has 0 aromatic rings. The van der Waals surface area contributed by atoms with E-state index in [1.54, 1.807) is 0 Å². The summed E-state index contributed by atoms with van der Waals surface area (Å²) in [6.45, 7) is 10.7. The van der Waals surface area contributed by atoms with Crippen LogP contribution in [0, 0.1) is 0 Å². The lowest BCUT2D eigenvalue weighted by molar-refractivity contribution is -0.922. The van der Waals surface area contributed by atoms with E-state index in [1.165, 1.54) is 12.0 Å². The highest BCUT2D eigenvalue weighted by atomic mass is 15.3. The Labute approximate surface area is 77.7 Å². The molecule has 0 rings (SSSR count). The van der Waals surface area contributed by atoms with Crippen molar-refractivity contribution in [1.82, 2.24) is 0 Å². The lowest BCUT2D eigenvalue weighted by atomic mass is 9.88. The van der Waals surface area contributed by atoms with Gasteiger partial charge in [-0.25, -0.2) is 0 Å². The van der Waals surface area contributed by atoms with Gasteiger partial charge in [-0.3, -0.25) is 0 Å². The molecule has 0 amide bonds. The van der Waals surface area contributed by atoms with Gasteiger partial charge in [-0.2, -0.15) is 0 Å². The Hall–Kier alpha value is -0.300. The molecule has 0 aromatic carbocycles. The predicted octanol–water partition coefficient (Wildman–Crippen LogP) is 2.83. The number of quaternary nitrogens is 1. The van der Waals surface area contributed by atoms with Crippen molar-refractivity contribution in [3.63, 3.8) is 0 Å². The Morgan fingerprint density at radius 2 is 1.75 bits per heavy atom. The first-order valence-electron chi connectivity index (χ1n) is 4.69. The molecule has 12 heavy (non-hydrogen) atoms. The van der Waals surface area contributed by atoms with Gasteiger partial charge in [0, 0.05) is 6.42 Å². The van der Waals surface area contributed by atoms with Gasteiger partial charge in [0.1, 0.15) is 0 Å². The molecule has 0 saturated heterocycles. The van der Waals surface area contributed by atoms with E-state index in [0.717, 1.165) is 10.9 Å². The molecule has 1 nitrogen and oxygen atoms in total. The standard InChI is InChI=1S/C11H24N/c1-8-11(4,9-10(2)3)12(5,6)7/h2,8-9H2,1,3-7H3/q+1. The van der Waals surface area contributed by atoms with Gasteiger partial charge in [0.2, 0.25) is 0 Å². The van der Waals surface area contributed by atoms with Crippen LogP contribution in [-0.2, 0) is 0 Å². The quantitative estimate of drug-likeness (QED) is 0.449. The molecule has 0 heterocycles. The molecule has 1 atom stereocenters. The summed E-state index contributed by atoms with van der Waals surface area (Å²) in [5, 5.41) is 0. The van der Waals surface area contributed by atoms with Gasteiger partial charge < -0.3 is 4.48 Å². The van der Waals surface area contributed by atoms with Crippen molar-refractivity contribution in [3.8, 4) is 0 Å². The Morgan fingerprint density at radius 1 is 1.33 bits per heavy atom. The van der Waals surface area contributed by atoms with Crippen LogP contribution in [0.2, 0.25) is 0 Å². The Morgan fingerprint density at radius 3 is 1.83 bits per heavy atom. The largest absolute Gasteiger partial charge is 0.326 e. The molecule has 0 spiro atoms. The summed E-state index contributed by atoms with van der Waals surface area (Å²) in [6.07, 6.45) is 2.32. The lowest BCUT2D eigenvalue weighted by Crippen LogP contribution is -2.54. The minimum atomic E-state index is 0.339. The Bertz CT molecular complexity index is 164. The molecule has 0 radical (unpaired) electrons. The fourth-order valence-corrected chi connectivity index (χ4v) is 1.49. The van der Waals surface area contributed by atoms with Crippen molar-refractivity contribution in [3.05, 3.63) is 12.2 Å². The number of hydrogen-bond acceptors (Lipinski definition) is 0. The first kappa shape index (κ1) is 11.7. The highest BCUT2D eigenvalue weighted by molar-refractivity contribution is 4.96. The van der Waals surface area contributed by atoms with E-state index in [2.05, 4.69) is 48.5 Å². The van der Waals surface area contributed by atoms with Gasteiger partial charge in [-0.15, -0.1) is 0 Å². The van der Waals surface area contributed by atoms with Crippen LogP contribution in [0.4, 0.5) is 0 Å². The van der Waals surface area contributed by atoms with Gasteiger partial charge in [-0.1, -0.05) is 19.1 Å². The third-order valence-electron chi connectivity index (χ3n) is 3.06. The van der Waals surface area contributed by atoms with E-state index in [4.69, 9.17) is 0 Å². The molecular weight excluding hydrogens is 146 g/mol. The van der Waals surface area contributed by atoms with Crippen LogP contribution in [0.3, 0.4) is 0 Å². The maximum absolute atomic E-state index is 3.99. The Kier molecular flexibility index (Phi) is 3.52. The van der Waals surface area contributed by atoms with Crippen molar-refractivity contribution in [2.24, 2.45) is 0 Å². The molecule has 1 heteroatoms. The zero-order valence-electron chi connectivity index (χ0n) is 9.57. The molecule has 0 aliphatic heterocycles. The molecule has 1 unspecified atom stereocenters. The smallest absolute Gasteiger partial charge is 0.0992 e. The van der Waals surface area contributed by atoms with Gasteiger partial charge in [0.25, 0.3) is 0 Å². The van der Waals surface area contributed by atoms with Crippen molar-refractivity contribution in [2.75, 3.05) is 21.1 Å². The van der Waals surface area contributed by atoms with Crippen molar-refractivity contribution < 1.29 is 4.48 Å². The molecule has 0 saturated carbocycles. The van der Waals surface area contributed by atoms with E-state index < -0.39 is 0 Å². The highest BCUT2D eigenvalue weighted by Gasteiger charge is 2.35. The molecular formula is C11H24N+. The van der Waals surface area contributed by atoms with Gasteiger partial charge in [0.15, 0.2) is 0 Å². The monoisotopic (exact) mass is 170 g/mol.